The third-order valence-corrected chi connectivity index (χ3v) is 4.10. The number of benzene rings is 1. The minimum atomic E-state index is 0.547. The molecule has 0 aromatic heterocycles. The second-order valence-electron chi connectivity index (χ2n) is 5.89. The molecule has 1 aliphatic heterocycles. The van der Waals surface area contributed by atoms with E-state index in [4.69, 9.17) is 10.5 Å². The summed E-state index contributed by atoms with van der Waals surface area (Å²) in [4.78, 5) is 6.81. The van der Waals surface area contributed by atoms with Crippen molar-refractivity contribution in [1.82, 2.24) is 10.2 Å². The summed E-state index contributed by atoms with van der Waals surface area (Å²) < 4.78 is 5.27. The molecule has 0 bridgehead atoms. The SMILES string of the molecule is CCOCCCN=C(N)NCCCN1CCc2ccccc2C1. The molecule has 1 aromatic carbocycles. The van der Waals surface area contributed by atoms with Gasteiger partial charge in [0.05, 0.1) is 0 Å². The molecule has 0 radical (unpaired) electrons. The lowest BCUT2D eigenvalue weighted by atomic mass is 10.00. The van der Waals surface area contributed by atoms with Gasteiger partial charge in [0.25, 0.3) is 0 Å². The predicted molar refractivity (Wildman–Crippen MR) is 95.6 cm³/mol. The van der Waals surface area contributed by atoms with E-state index in [1.165, 1.54) is 11.1 Å². The number of hydrogen-bond acceptors (Lipinski definition) is 3. The Labute approximate surface area is 139 Å². The van der Waals surface area contributed by atoms with E-state index in [1.807, 2.05) is 6.92 Å². The first-order valence-electron chi connectivity index (χ1n) is 8.70. The average molecular weight is 318 g/mol. The molecule has 0 saturated heterocycles. The van der Waals surface area contributed by atoms with Crippen molar-refractivity contribution < 1.29 is 4.74 Å². The Bertz CT molecular complexity index is 490. The van der Waals surface area contributed by atoms with Crippen LogP contribution in [0.25, 0.3) is 0 Å². The average Bonchev–Trinajstić information content (AvgIpc) is 2.58. The van der Waals surface area contributed by atoms with Crippen molar-refractivity contribution >= 4 is 5.96 Å². The van der Waals surface area contributed by atoms with Crippen LogP contribution < -0.4 is 11.1 Å². The normalized spacial score (nSPS) is 15.4. The van der Waals surface area contributed by atoms with Crippen molar-refractivity contribution in [3.8, 4) is 0 Å². The molecular formula is C18H30N4O. The van der Waals surface area contributed by atoms with E-state index in [1.54, 1.807) is 0 Å². The molecule has 2 rings (SSSR count). The number of guanidine groups is 1. The Kier molecular flexibility index (Phi) is 7.90. The molecule has 0 fully saturated rings. The Morgan fingerprint density at radius 1 is 1.30 bits per heavy atom. The number of aliphatic imine (C=N–C) groups is 1. The molecule has 1 heterocycles. The van der Waals surface area contributed by atoms with Crippen LogP contribution in [0.3, 0.4) is 0 Å². The summed E-state index contributed by atoms with van der Waals surface area (Å²) in [5.74, 6) is 0.547. The fourth-order valence-electron chi connectivity index (χ4n) is 2.83. The third kappa shape index (κ3) is 6.59. The number of rotatable bonds is 9. The van der Waals surface area contributed by atoms with Crippen LogP contribution in [0, 0.1) is 0 Å². The zero-order valence-corrected chi connectivity index (χ0v) is 14.3. The standard InChI is InChI=1S/C18H30N4O/c1-2-23-14-6-11-21-18(19)20-10-5-12-22-13-9-16-7-3-4-8-17(16)15-22/h3-4,7-8H,2,5-6,9-15H2,1H3,(H3,19,20,21). The van der Waals surface area contributed by atoms with E-state index in [0.29, 0.717) is 5.96 Å². The first-order valence-corrected chi connectivity index (χ1v) is 8.70. The monoisotopic (exact) mass is 318 g/mol. The first kappa shape index (κ1) is 17.8. The summed E-state index contributed by atoms with van der Waals surface area (Å²) >= 11 is 0. The molecule has 5 nitrogen and oxygen atoms in total. The van der Waals surface area contributed by atoms with Gasteiger partial charge in [0, 0.05) is 45.9 Å². The lowest BCUT2D eigenvalue weighted by Crippen LogP contribution is -2.36. The fraction of sp³-hybridized carbons (Fsp3) is 0.611. The Morgan fingerprint density at radius 3 is 2.96 bits per heavy atom. The highest BCUT2D eigenvalue weighted by atomic mass is 16.5. The van der Waals surface area contributed by atoms with Crippen molar-refractivity contribution in [3.63, 3.8) is 0 Å². The molecule has 0 aliphatic carbocycles. The number of nitrogens with two attached hydrogens (primary N) is 1. The highest BCUT2D eigenvalue weighted by Gasteiger charge is 2.14. The van der Waals surface area contributed by atoms with Crippen molar-refractivity contribution in [2.45, 2.75) is 32.7 Å². The van der Waals surface area contributed by atoms with E-state index >= 15 is 0 Å². The smallest absolute Gasteiger partial charge is 0.188 e. The number of fused-ring (bicyclic) bond motifs is 1. The second kappa shape index (κ2) is 10.2. The van der Waals surface area contributed by atoms with Crippen LogP contribution >= 0.6 is 0 Å². The largest absolute Gasteiger partial charge is 0.382 e. The van der Waals surface area contributed by atoms with Crippen molar-refractivity contribution in [2.75, 3.05) is 39.4 Å². The van der Waals surface area contributed by atoms with Crippen LogP contribution in [0.4, 0.5) is 0 Å². The topological polar surface area (TPSA) is 62.9 Å². The van der Waals surface area contributed by atoms with Crippen LogP contribution in [-0.4, -0.2) is 50.3 Å². The maximum atomic E-state index is 5.86. The molecule has 128 valence electrons. The molecule has 5 heteroatoms. The molecule has 3 N–H and O–H groups in total. The molecule has 1 aromatic rings. The molecule has 23 heavy (non-hydrogen) atoms. The van der Waals surface area contributed by atoms with Gasteiger partial charge in [-0.05, 0) is 37.3 Å². The van der Waals surface area contributed by atoms with Crippen molar-refractivity contribution in [3.05, 3.63) is 35.4 Å². The maximum absolute atomic E-state index is 5.86. The lowest BCUT2D eigenvalue weighted by Gasteiger charge is -2.28. The molecule has 0 atom stereocenters. The van der Waals surface area contributed by atoms with Gasteiger partial charge < -0.3 is 15.8 Å². The zero-order chi connectivity index (χ0) is 16.3. The van der Waals surface area contributed by atoms with E-state index in [9.17, 15) is 0 Å². The number of hydrogen-bond donors (Lipinski definition) is 2. The minimum Gasteiger partial charge on any atom is -0.382 e. The highest BCUT2D eigenvalue weighted by Crippen LogP contribution is 2.18. The minimum absolute atomic E-state index is 0.547. The third-order valence-electron chi connectivity index (χ3n) is 4.10. The number of ether oxygens (including phenoxy) is 1. The van der Waals surface area contributed by atoms with Gasteiger partial charge in [0.1, 0.15) is 0 Å². The second-order valence-corrected chi connectivity index (χ2v) is 5.89. The Morgan fingerprint density at radius 2 is 2.13 bits per heavy atom. The van der Waals surface area contributed by atoms with Gasteiger partial charge in [-0.25, -0.2) is 0 Å². The summed E-state index contributed by atoms with van der Waals surface area (Å²) in [5.41, 5.74) is 8.83. The Balaban J connectivity index is 1.56. The predicted octanol–water partition coefficient (Wildman–Crippen LogP) is 1.77. The summed E-state index contributed by atoms with van der Waals surface area (Å²) in [6, 6.07) is 8.76. The number of nitrogens with zero attached hydrogens (tertiary/aromatic N) is 2. The van der Waals surface area contributed by atoms with Crippen LogP contribution in [0.2, 0.25) is 0 Å². The van der Waals surface area contributed by atoms with Gasteiger partial charge in [-0.1, -0.05) is 24.3 Å². The molecule has 0 amide bonds. The Hall–Kier alpha value is -1.59. The molecule has 0 spiro atoms. The van der Waals surface area contributed by atoms with E-state index in [-0.39, 0.29) is 0 Å². The van der Waals surface area contributed by atoms with Gasteiger partial charge >= 0.3 is 0 Å². The maximum Gasteiger partial charge on any atom is 0.188 e. The van der Waals surface area contributed by atoms with Gasteiger partial charge in [0.15, 0.2) is 5.96 Å². The van der Waals surface area contributed by atoms with Gasteiger partial charge in [-0.3, -0.25) is 9.89 Å². The van der Waals surface area contributed by atoms with Crippen LogP contribution in [0.5, 0.6) is 0 Å². The van der Waals surface area contributed by atoms with Crippen molar-refractivity contribution in [2.24, 2.45) is 10.7 Å². The lowest BCUT2D eigenvalue weighted by molar-refractivity contribution is 0.146. The molecule has 1 aliphatic rings. The van der Waals surface area contributed by atoms with Gasteiger partial charge in [-0.15, -0.1) is 0 Å². The molecule has 0 unspecified atom stereocenters. The van der Waals surface area contributed by atoms with Crippen molar-refractivity contribution in [1.29, 1.82) is 0 Å². The van der Waals surface area contributed by atoms with E-state index in [0.717, 1.165) is 65.2 Å². The molecular weight excluding hydrogens is 288 g/mol. The molecule has 0 saturated carbocycles. The van der Waals surface area contributed by atoms with E-state index in [2.05, 4.69) is 39.5 Å². The summed E-state index contributed by atoms with van der Waals surface area (Å²) in [5, 5.41) is 3.19. The van der Waals surface area contributed by atoms with Crippen LogP contribution in [-0.2, 0) is 17.7 Å². The summed E-state index contributed by atoms with van der Waals surface area (Å²) in [7, 11) is 0. The van der Waals surface area contributed by atoms with Crippen LogP contribution in [0.15, 0.2) is 29.3 Å². The zero-order valence-electron chi connectivity index (χ0n) is 14.3. The van der Waals surface area contributed by atoms with Gasteiger partial charge in [-0.2, -0.15) is 0 Å². The number of nitrogens with one attached hydrogen (secondary N) is 1. The summed E-state index contributed by atoms with van der Waals surface area (Å²) in [6.07, 6.45) is 3.16. The highest BCUT2D eigenvalue weighted by molar-refractivity contribution is 5.77. The fourth-order valence-corrected chi connectivity index (χ4v) is 2.83. The van der Waals surface area contributed by atoms with Crippen LogP contribution in [0.1, 0.15) is 30.9 Å². The summed E-state index contributed by atoms with van der Waals surface area (Å²) in [6.45, 7) is 8.43. The van der Waals surface area contributed by atoms with Gasteiger partial charge in [0.2, 0.25) is 0 Å². The first-order chi connectivity index (χ1) is 11.3. The quantitative estimate of drug-likeness (QED) is 0.414. The van der Waals surface area contributed by atoms with E-state index < -0.39 is 0 Å².